The summed E-state index contributed by atoms with van der Waals surface area (Å²) in [6, 6.07) is 18.0. The molecule has 2 aromatic heterocycles. The van der Waals surface area contributed by atoms with Crippen molar-refractivity contribution in [2.24, 2.45) is 5.10 Å². The van der Waals surface area contributed by atoms with E-state index in [1.165, 1.54) is 4.88 Å². The molecule has 5 rings (SSSR count). The Balaban J connectivity index is 1.68. The number of hydrazone groups is 1. The van der Waals surface area contributed by atoms with Crippen molar-refractivity contribution in [1.29, 1.82) is 0 Å². The van der Waals surface area contributed by atoms with Gasteiger partial charge in [0, 0.05) is 21.0 Å². The van der Waals surface area contributed by atoms with E-state index < -0.39 is 0 Å². The lowest BCUT2D eigenvalue weighted by molar-refractivity contribution is 0.414. The van der Waals surface area contributed by atoms with Crippen molar-refractivity contribution in [1.82, 2.24) is 14.8 Å². The molecule has 0 saturated carbocycles. The van der Waals surface area contributed by atoms with E-state index in [4.69, 9.17) is 21.4 Å². The highest BCUT2D eigenvalue weighted by Crippen LogP contribution is 2.36. The highest BCUT2D eigenvalue weighted by Gasteiger charge is 2.28. The predicted octanol–water partition coefficient (Wildman–Crippen LogP) is 5.63. The van der Waals surface area contributed by atoms with Crippen LogP contribution in [0.3, 0.4) is 0 Å². The number of hydrogen-bond donors (Lipinski definition) is 0. The monoisotopic (exact) mass is 463 g/mol. The van der Waals surface area contributed by atoms with Crippen LogP contribution in [-0.2, 0) is 13.0 Å². The largest absolute Gasteiger partial charge is 0.497 e. The highest BCUT2D eigenvalue weighted by molar-refractivity contribution is 7.15. The smallest absolute Gasteiger partial charge is 0.253 e. The summed E-state index contributed by atoms with van der Waals surface area (Å²) in [5.41, 5.74) is 4.07. The number of thiophene rings is 1. The molecule has 0 fully saturated rings. The first kappa shape index (κ1) is 20.7. The zero-order valence-electron chi connectivity index (χ0n) is 18.0. The molecule has 0 amide bonds. The average Bonchev–Trinajstić information content (AvgIpc) is 3.38. The Morgan fingerprint density at radius 3 is 2.47 bits per heavy atom. The number of methoxy groups -OCH3 is 1. The lowest BCUT2D eigenvalue weighted by Crippen LogP contribution is -2.20. The second-order valence-electron chi connectivity index (χ2n) is 7.53. The Hall–Kier alpha value is -3.16. The molecule has 0 N–H and O–H groups in total. The maximum absolute atomic E-state index is 6.17. The highest BCUT2D eigenvalue weighted by atomic mass is 35.5. The molecule has 2 aromatic carbocycles. The van der Waals surface area contributed by atoms with E-state index in [0.29, 0.717) is 17.5 Å². The second kappa shape index (κ2) is 8.41. The molecule has 0 radical (unpaired) electrons. The SMILES string of the molecule is CCc1cc2c(s1)-n1c(C)nnc1N(Cc1ccc(OC)cc1)N=C2c1ccc(Cl)cc1. The molecular formula is C24H22ClN5OS. The molecule has 1 aliphatic rings. The molecule has 8 heteroatoms. The third kappa shape index (κ3) is 3.67. The fourth-order valence-corrected chi connectivity index (χ4v) is 5.01. The Labute approximate surface area is 195 Å². The maximum Gasteiger partial charge on any atom is 0.253 e. The summed E-state index contributed by atoms with van der Waals surface area (Å²) < 4.78 is 7.41. The van der Waals surface area contributed by atoms with Crippen molar-refractivity contribution >= 4 is 34.6 Å². The van der Waals surface area contributed by atoms with Crippen LogP contribution in [0.4, 0.5) is 5.95 Å². The van der Waals surface area contributed by atoms with E-state index >= 15 is 0 Å². The van der Waals surface area contributed by atoms with Crippen LogP contribution < -0.4 is 9.75 Å². The second-order valence-corrected chi connectivity index (χ2v) is 9.08. The van der Waals surface area contributed by atoms with Gasteiger partial charge in [-0.3, -0.25) is 4.57 Å². The number of hydrogen-bond acceptors (Lipinski definition) is 6. The van der Waals surface area contributed by atoms with Crippen LogP contribution in [0, 0.1) is 6.92 Å². The van der Waals surface area contributed by atoms with Gasteiger partial charge in [-0.15, -0.1) is 21.5 Å². The zero-order valence-corrected chi connectivity index (χ0v) is 19.6. The van der Waals surface area contributed by atoms with Gasteiger partial charge >= 0.3 is 0 Å². The maximum atomic E-state index is 6.17. The molecule has 162 valence electrons. The van der Waals surface area contributed by atoms with Crippen molar-refractivity contribution in [3.8, 4) is 10.8 Å². The molecule has 0 atom stereocenters. The Bertz CT molecular complexity index is 1290. The minimum absolute atomic E-state index is 0.550. The molecule has 6 nitrogen and oxygen atoms in total. The van der Waals surface area contributed by atoms with Crippen LogP contribution in [0.25, 0.3) is 5.00 Å². The van der Waals surface area contributed by atoms with Gasteiger partial charge in [-0.1, -0.05) is 42.8 Å². The molecule has 32 heavy (non-hydrogen) atoms. The molecule has 3 heterocycles. The van der Waals surface area contributed by atoms with Crippen LogP contribution in [0.1, 0.15) is 34.3 Å². The predicted molar refractivity (Wildman–Crippen MR) is 130 cm³/mol. The number of ether oxygens (including phenoxy) is 1. The summed E-state index contributed by atoms with van der Waals surface area (Å²) in [6.45, 7) is 4.69. The quantitative estimate of drug-likeness (QED) is 0.384. The molecule has 0 bridgehead atoms. The number of fused-ring (bicyclic) bond motifs is 3. The number of halogens is 1. The molecule has 0 saturated heterocycles. The van der Waals surface area contributed by atoms with Gasteiger partial charge in [-0.05, 0) is 49.2 Å². The Morgan fingerprint density at radius 1 is 1.03 bits per heavy atom. The minimum Gasteiger partial charge on any atom is -0.497 e. The molecule has 4 aromatic rings. The topological polar surface area (TPSA) is 55.5 Å². The number of aryl methyl sites for hydroxylation is 2. The lowest BCUT2D eigenvalue weighted by Gasteiger charge is -2.18. The first-order valence-electron chi connectivity index (χ1n) is 10.4. The molecule has 0 spiro atoms. The average molecular weight is 464 g/mol. The summed E-state index contributed by atoms with van der Waals surface area (Å²) in [5, 5.41) is 17.7. The number of benzene rings is 2. The number of anilines is 1. The van der Waals surface area contributed by atoms with Crippen LogP contribution in [0.2, 0.25) is 5.02 Å². The Morgan fingerprint density at radius 2 is 1.78 bits per heavy atom. The van der Waals surface area contributed by atoms with Gasteiger partial charge in [0.1, 0.15) is 22.3 Å². The number of aromatic nitrogens is 3. The summed E-state index contributed by atoms with van der Waals surface area (Å²) in [5.74, 6) is 2.36. The lowest BCUT2D eigenvalue weighted by atomic mass is 10.0. The third-order valence-corrected chi connectivity index (χ3v) is 6.96. The van der Waals surface area contributed by atoms with Crippen LogP contribution in [0.5, 0.6) is 5.75 Å². The van der Waals surface area contributed by atoms with E-state index in [1.54, 1.807) is 18.4 Å². The van der Waals surface area contributed by atoms with E-state index in [9.17, 15) is 0 Å². The van der Waals surface area contributed by atoms with Crippen molar-refractivity contribution in [3.63, 3.8) is 0 Å². The van der Waals surface area contributed by atoms with Gasteiger partial charge in [0.15, 0.2) is 0 Å². The standard InChI is InChI=1S/C24H22ClN5OS/c1-4-20-13-21-22(17-7-9-18(25)10-8-17)28-29(14-16-5-11-19(31-3)12-6-16)24-27-26-15(2)30(24)23(21)32-20/h5-13H,4,14H2,1-3H3. The normalized spacial score (nSPS) is 12.8. The van der Waals surface area contributed by atoms with Crippen LogP contribution in [-0.4, -0.2) is 27.6 Å². The van der Waals surface area contributed by atoms with Crippen molar-refractivity contribution in [2.45, 2.75) is 26.8 Å². The van der Waals surface area contributed by atoms with Crippen molar-refractivity contribution < 1.29 is 4.74 Å². The van der Waals surface area contributed by atoms with Gasteiger partial charge in [0.25, 0.3) is 5.95 Å². The summed E-state index contributed by atoms with van der Waals surface area (Å²) >= 11 is 7.92. The van der Waals surface area contributed by atoms with Gasteiger partial charge < -0.3 is 4.74 Å². The van der Waals surface area contributed by atoms with Gasteiger partial charge in [0.2, 0.25) is 0 Å². The van der Waals surface area contributed by atoms with Crippen molar-refractivity contribution in [3.05, 3.63) is 87.0 Å². The molecule has 0 aliphatic carbocycles. The fraction of sp³-hybridized carbons (Fsp3) is 0.208. The molecule has 1 aliphatic heterocycles. The van der Waals surface area contributed by atoms with E-state index in [-0.39, 0.29) is 0 Å². The first-order valence-corrected chi connectivity index (χ1v) is 11.6. The molecule has 0 unspecified atom stereocenters. The molecular weight excluding hydrogens is 442 g/mol. The van der Waals surface area contributed by atoms with Crippen LogP contribution >= 0.6 is 22.9 Å². The Kier molecular flexibility index (Phi) is 5.45. The van der Waals surface area contributed by atoms with Gasteiger partial charge in [0.05, 0.1) is 13.7 Å². The minimum atomic E-state index is 0.550. The van der Waals surface area contributed by atoms with Gasteiger partial charge in [-0.2, -0.15) is 5.10 Å². The van der Waals surface area contributed by atoms with E-state index in [0.717, 1.165) is 45.4 Å². The number of nitrogens with zero attached hydrogens (tertiary/aromatic N) is 5. The summed E-state index contributed by atoms with van der Waals surface area (Å²) in [6.07, 6.45) is 0.956. The van der Waals surface area contributed by atoms with Gasteiger partial charge in [-0.25, -0.2) is 5.01 Å². The summed E-state index contributed by atoms with van der Waals surface area (Å²) in [7, 11) is 1.67. The van der Waals surface area contributed by atoms with E-state index in [1.807, 2.05) is 60.5 Å². The van der Waals surface area contributed by atoms with Crippen molar-refractivity contribution in [2.75, 3.05) is 12.1 Å². The van der Waals surface area contributed by atoms with Crippen LogP contribution in [0.15, 0.2) is 59.7 Å². The fourth-order valence-electron chi connectivity index (χ4n) is 3.75. The zero-order chi connectivity index (χ0) is 22.2. The first-order chi connectivity index (χ1) is 15.6. The van der Waals surface area contributed by atoms with E-state index in [2.05, 4.69) is 27.8 Å². The number of rotatable bonds is 5. The third-order valence-electron chi connectivity index (χ3n) is 5.44. The summed E-state index contributed by atoms with van der Waals surface area (Å²) in [4.78, 5) is 1.29.